The summed E-state index contributed by atoms with van der Waals surface area (Å²) in [5.41, 5.74) is 0.0635. The van der Waals surface area contributed by atoms with Gasteiger partial charge in [0.2, 0.25) is 0 Å². The van der Waals surface area contributed by atoms with Gasteiger partial charge in [0.05, 0.1) is 5.38 Å². The summed E-state index contributed by atoms with van der Waals surface area (Å²) in [6.45, 7) is 0. The largest absolute Gasteiger partial charge is 0.207 e. The van der Waals surface area contributed by atoms with E-state index >= 15 is 0 Å². The quantitative estimate of drug-likeness (QED) is 0.513. The van der Waals surface area contributed by atoms with Crippen LogP contribution in [0.2, 0.25) is 0 Å². The van der Waals surface area contributed by atoms with Crippen molar-refractivity contribution in [1.29, 1.82) is 0 Å². The van der Waals surface area contributed by atoms with Gasteiger partial charge in [-0.15, -0.1) is 11.6 Å². The molecular formula is C14H16ClF3. The molecule has 0 heterocycles. The van der Waals surface area contributed by atoms with Crippen molar-refractivity contribution < 1.29 is 13.2 Å². The molecule has 0 radical (unpaired) electrons. The highest BCUT2D eigenvalue weighted by Crippen LogP contribution is 2.35. The fraction of sp³-hybridized carbons (Fsp3) is 0.571. The molecule has 100 valence electrons. The van der Waals surface area contributed by atoms with Crippen LogP contribution in [-0.4, -0.2) is 0 Å². The van der Waals surface area contributed by atoms with E-state index in [9.17, 15) is 13.2 Å². The van der Waals surface area contributed by atoms with Gasteiger partial charge in [0.15, 0.2) is 11.6 Å². The molecule has 18 heavy (non-hydrogen) atoms. The van der Waals surface area contributed by atoms with Crippen LogP contribution in [0.4, 0.5) is 13.2 Å². The summed E-state index contributed by atoms with van der Waals surface area (Å²) in [5, 5.41) is -0.583. The number of benzene rings is 1. The maximum Gasteiger partial charge on any atom is 0.161 e. The van der Waals surface area contributed by atoms with Crippen LogP contribution in [0.5, 0.6) is 0 Å². The minimum absolute atomic E-state index is 0.0635. The van der Waals surface area contributed by atoms with Gasteiger partial charge in [-0.25, -0.2) is 13.2 Å². The van der Waals surface area contributed by atoms with Gasteiger partial charge in [-0.3, -0.25) is 0 Å². The molecule has 0 aliphatic heterocycles. The van der Waals surface area contributed by atoms with E-state index in [0.717, 1.165) is 12.5 Å². The second-order valence-corrected chi connectivity index (χ2v) is 5.51. The molecule has 1 fully saturated rings. The van der Waals surface area contributed by atoms with Gasteiger partial charge in [-0.05, 0) is 24.8 Å². The zero-order chi connectivity index (χ0) is 13.1. The first-order valence-corrected chi connectivity index (χ1v) is 6.80. The molecule has 1 saturated carbocycles. The molecule has 0 amide bonds. The molecule has 0 spiro atoms. The zero-order valence-electron chi connectivity index (χ0n) is 10.1. The van der Waals surface area contributed by atoms with Crippen molar-refractivity contribution in [3.8, 4) is 0 Å². The van der Waals surface area contributed by atoms with Crippen LogP contribution in [0.25, 0.3) is 0 Å². The van der Waals surface area contributed by atoms with Crippen LogP contribution in [-0.2, 0) is 0 Å². The zero-order valence-corrected chi connectivity index (χ0v) is 10.8. The molecule has 0 N–H and O–H groups in total. The molecule has 1 unspecified atom stereocenters. The lowest BCUT2D eigenvalue weighted by Crippen LogP contribution is -2.01. The van der Waals surface area contributed by atoms with Gasteiger partial charge in [0, 0.05) is 11.6 Å². The predicted octanol–water partition coefficient (Wildman–Crippen LogP) is 5.35. The lowest BCUT2D eigenvalue weighted by atomic mass is 9.98. The molecule has 0 saturated heterocycles. The second kappa shape index (κ2) is 5.96. The van der Waals surface area contributed by atoms with Gasteiger partial charge in [0.25, 0.3) is 0 Å². The van der Waals surface area contributed by atoms with E-state index in [2.05, 4.69) is 0 Å². The summed E-state index contributed by atoms with van der Waals surface area (Å²) in [6, 6.07) is 1.44. The smallest absolute Gasteiger partial charge is 0.161 e. The number of hydrogen-bond donors (Lipinski definition) is 0. The molecule has 1 atom stereocenters. The average Bonchev–Trinajstić information content (AvgIpc) is 2.84. The van der Waals surface area contributed by atoms with E-state index < -0.39 is 22.8 Å². The molecule has 1 aliphatic rings. The predicted molar refractivity (Wildman–Crippen MR) is 66.1 cm³/mol. The molecule has 1 aliphatic carbocycles. The van der Waals surface area contributed by atoms with Gasteiger partial charge < -0.3 is 0 Å². The van der Waals surface area contributed by atoms with Crippen molar-refractivity contribution in [2.75, 3.05) is 0 Å². The molecule has 0 bridgehead atoms. The summed E-state index contributed by atoms with van der Waals surface area (Å²) in [7, 11) is 0. The minimum atomic E-state index is -1.17. The number of hydrogen-bond acceptors (Lipinski definition) is 0. The fourth-order valence-electron chi connectivity index (χ4n) is 2.61. The summed E-state index contributed by atoms with van der Waals surface area (Å²) in [6.07, 6.45) is 6.42. The van der Waals surface area contributed by atoms with Crippen molar-refractivity contribution >= 4 is 11.6 Å². The Bertz CT molecular complexity index is 414. The number of halogens is 4. The van der Waals surface area contributed by atoms with E-state index in [4.69, 9.17) is 11.6 Å². The van der Waals surface area contributed by atoms with Gasteiger partial charge in [0.1, 0.15) is 5.82 Å². The highest BCUT2D eigenvalue weighted by Gasteiger charge is 2.20. The topological polar surface area (TPSA) is 0 Å². The van der Waals surface area contributed by atoms with Crippen molar-refractivity contribution in [2.24, 2.45) is 5.92 Å². The Kier molecular flexibility index (Phi) is 4.55. The summed E-state index contributed by atoms with van der Waals surface area (Å²) >= 11 is 6.09. The molecule has 1 aromatic carbocycles. The highest BCUT2D eigenvalue weighted by atomic mass is 35.5. The Morgan fingerprint density at radius 1 is 1.06 bits per heavy atom. The van der Waals surface area contributed by atoms with Crippen molar-refractivity contribution in [3.63, 3.8) is 0 Å². The van der Waals surface area contributed by atoms with E-state index in [1.54, 1.807) is 0 Å². The average molecular weight is 277 g/mol. The molecular weight excluding hydrogens is 261 g/mol. The van der Waals surface area contributed by atoms with Crippen LogP contribution >= 0.6 is 11.6 Å². The highest BCUT2D eigenvalue weighted by molar-refractivity contribution is 6.20. The van der Waals surface area contributed by atoms with E-state index in [-0.39, 0.29) is 5.56 Å². The van der Waals surface area contributed by atoms with E-state index in [0.29, 0.717) is 18.4 Å². The number of alkyl halides is 1. The third kappa shape index (κ3) is 3.19. The Balaban J connectivity index is 1.99. The van der Waals surface area contributed by atoms with Gasteiger partial charge in [-0.2, -0.15) is 0 Å². The minimum Gasteiger partial charge on any atom is -0.207 e. The third-order valence-electron chi connectivity index (χ3n) is 3.68. The van der Waals surface area contributed by atoms with Crippen LogP contribution < -0.4 is 0 Å². The molecule has 0 nitrogen and oxygen atoms in total. The Morgan fingerprint density at radius 2 is 1.67 bits per heavy atom. The fourth-order valence-corrected chi connectivity index (χ4v) is 2.91. The lowest BCUT2D eigenvalue weighted by molar-refractivity contribution is 0.466. The number of rotatable bonds is 4. The molecule has 2 rings (SSSR count). The summed E-state index contributed by atoms with van der Waals surface area (Å²) in [4.78, 5) is 0. The standard InChI is InChI=1S/C14H16ClF3/c15-11(6-5-9-3-1-2-4-9)10-7-13(17)14(18)8-12(10)16/h7-9,11H,1-6H2. The van der Waals surface area contributed by atoms with Gasteiger partial charge >= 0.3 is 0 Å². The van der Waals surface area contributed by atoms with E-state index in [1.165, 1.54) is 25.7 Å². The van der Waals surface area contributed by atoms with Crippen LogP contribution in [0.3, 0.4) is 0 Å². The summed E-state index contributed by atoms with van der Waals surface area (Å²) < 4.78 is 39.3. The van der Waals surface area contributed by atoms with Crippen LogP contribution in [0, 0.1) is 23.4 Å². The monoisotopic (exact) mass is 276 g/mol. The van der Waals surface area contributed by atoms with Crippen molar-refractivity contribution in [3.05, 3.63) is 35.1 Å². The Labute approximate surface area is 110 Å². The normalized spacial score (nSPS) is 18.2. The van der Waals surface area contributed by atoms with Crippen LogP contribution in [0.15, 0.2) is 12.1 Å². The summed E-state index contributed by atoms with van der Waals surface area (Å²) in [5.74, 6) is -2.33. The molecule has 1 aromatic rings. The van der Waals surface area contributed by atoms with Crippen molar-refractivity contribution in [1.82, 2.24) is 0 Å². The SMILES string of the molecule is Fc1cc(F)c(C(Cl)CCC2CCCC2)cc1F. The lowest BCUT2D eigenvalue weighted by Gasteiger charge is -2.14. The second-order valence-electron chi connectivity index (χ2n) is 4.98. The first kappa shape index (κ1) is 13.7. The first-order chi connectivity index (χ1) is 8.58. The maximum absolute atomic E-state index is 13.5. The Morgan fingerprint density at radius 3 is 2.33 bits per heavy atom. The maximum atomic E-state index is 13.5. The molecule has 0 aromatic heterocycles. The molecule has 4 heteroatoms. The first-order valence-electron chi connectivity index (χ1n) is 6.36. The van der Waals surface area contributed by atoms with Crippen molar-refractivity contribution in [2.45, 2.75) is 43.9 Å². The third-order valence-corrected chi connectivity index (χ3v) is 4.13. The van der Waals surface area contributed by atoms with E-state index in [1.807, 2.05) is 0 Å². The van der Waals surface area contributed by atoms with Gasteiger partial charge in [-0.1, -0.05) is 25.7 Å². The Hall–Kier alpha value is -0.700. The van der Waals surface area contributed by atoms with Crippen LogP contribution in [0.1, 0.15) is 49.5 Å².